The zero-order chi connectivity index (χ0) is 15.6. The Morgan fingerprint density at radius 2 is 2.10 bits per heavy atom. The maximum Gasteiger partial charge on any atom is 0.435 e. The van der Waals surface area contributed by atoms with E-state index < -0.39 is 23.4 Å². The minimum Gasteiger partial charge on any atom is -0.465 e. The van der Waals surface area contributed by atoms with Crippen LogP contribution in [-0.4, -0.2) is 22.9 Å². The van der Waals surface area contributed by atoms with Crippen molar-refractivity contribution in [3.63, 3.8) is 0 Å². The van der Waals surface area contributed by atoms with Crippen molar-refractivity contribution >= 4 is 17.3 Å². The molecule has 9 heteroatoms. The lowest BCUT2D eigenvalue weighted by atomic mass is 10.2. The third-order valence-electron chi connectivity index (χ3n) is 2.59. The molecule has 2 aromatic heterocycles. The predicted octanol–water partition coefficient (Wildman–Crippen LogP) is 2.16. The van der Waals surface area contributed by atoms with E-state index in [0.29, 0.717) is 16.3 Å². The number of esters is 1. The topological polar surface area (TPSA) is 61.2 Å². The smallest absolute Gasteiger partial charge is 0.435 e. The number of aromatic nitrogens is 2. The van der Waals surface area contributed by atoms with Crippen LogP contribution in [0.1, 0.15) is 20.9 Å². The largest absolute Gasteiger partial charge is 0.465 e. The summed E-state index contributed by atoms with van der Waals surface area (Å²) in [5.74, 6) is -0.611. The quantitative estimate of drug-likeness (QED) is 0.814. The van der Waals surface area contributed by atoms with Crippen molar-refractivity contribution in [1.82, 2.24) is 9.78 Å². The Morgan fingerprint density at radius 3 is 2.71 bits per heavy atom. The highest BCUT2D eigenvalue weighted by Crippen LogP contribution is 2.26. The average Bonchev–Trinajstić information content (AvgIpc) is 2.87. The van der Waals surface area contributed by atoms with Crippen LogP contribution in [0.2, 0.25) is 0 Å². The van der Waals surface area contributed by atoms with Crippen molar-refractivity contribution in [2.75, 3.05) is 7.11 Å². The van der Waals surface area contributed by atoms with Gasteiger partial charge in [0.1, 0.15) is 4.88 Å². The van der Waals surface area contributed by atoms with Gasteiger partial charge in [-0.3, -0.25) is 4.79 Å². The van der Waals surface area contributed by atoms with Crippen LogP contribution in [0, 0.1) is 0 Å². The predicted molar refractivity (Wildman–Crippen MR) is 68.3 cm³/mol. The summed E-state index contributed by atoms with van der Waals surface area (Å²) in [7, 11) is 1.19. The summed E-state index contributed by atoms with van der Waals surface area (Å²) in [6, 6.07) is 2.94. The highest BCUT2D eigenvalue weighted by molar-refractivity contribution is 7.12. The first-order valence-corrected chi connectivity index (χ1v) is 6.51. The van der Waals surface area contributed by atoms with Crippen LogP contribution in [0.3, 0.4) is 0 Å². The molecular formula is C12H9F3N2O3S. The van der Waals surface area contributed by atoms with Crippen LogP contribution < -0.4 is 5.56 Å². The van der Waals surface area contributed by atoms with Crippen molar-refractivity contribution in [1.29, 1.82) is 0 Å². The number of carbonyl (C=O) groups is 1. The van der Waals surface area contributed by atoms with Gasteiger partial charge in [0.2, 0.25) is 0 Å². The van der Waals surface area contributed by atoms with Gasteiger partial charge in [0, 0.05) is 6.07 Å². The maximum absolute atomic E-state index is 12.6. The summed E-state index contributed by atoms with van der Waals surface area (Å²) in [5.41, 5.74) is -1.48. The zero-order valence-corrected chi connectivity index (χ0v) is 11.5. The molecule has 0 fully saturated rings. The molecule has 0 bridgehead atoms. The first-order valence-electron chi connectivity index (χ1n) is 5.63. The van der Waals surface area contributed by atoms with Crippen LogP contribution in [0.5, 0.6) is 0 Å². The Morgan fingerprint density at radius 1 is 1.38 bits per heavy atom. The Kier molecular flexibility index (Phi) is 4.12. The van der Waals surface area contributed by atoms with Crippen LogP contribution in [0.4, 0.5) is 13.2 Å². The number of carbonyl (C=O) groups excluding carboxylic acids is 1. The third kappa shape index (κ3) is 3.30. The minimum absolute atomic E-state index is 0.226. The first-order chi connectivity index (χ1) is 9.82. The summed E-state index contributed by atoms with van der Waals surface area (Å²) in [6.07, 6.45) is -4.64. The number of alkyl halides is 3. The van der Waals surface area contributed by atoms with Gasteiger partial charge in [-0.15, -0.1) is 11.3 Å². The lowest BCUT2D eigenvalue weighted by Gasteiger charge is -2.09. The summed E-state index contributed by atoms with van der Waals surface area (Å²) < 4.78 is 43.0. The van der Waals surface area contributed by atoms with Gasteiger partial charge in [0.05, 0.1) is 13.7 Å². The Labute approximate surface area is 120 Å². The highest BCUT2D eigenvalue weighted by atomic mass is 32.1. The van der Waals surface area contributed by atoms with Gasteiger partial charge in [-0.2, -0.15) is 18.3 Å². The molecule has 112 valence electrons. The van der Waals surface area contributed by atoms with Crippen molar-refractivity contribution < 1.29 is 22.7 Å². The summed E-state index contributed by atoms with van der Waals surface area (Å²) in [5, 5.41) is 4.86. The van der Waals surface area contributed by atoms with Gasteiger partial charge in [0.15, 0.2) is 5.69 Å². The molecular weight excluding hydrogens is 309 g/mol. The van der Waals surface area contributed by atoms with Gasteiger partial charge in [0.25, 0.3) is 5.56 Å². The van der Waals surface area contributed by atoms with Gasteiger partial charge in [-0.05, 0) is 23.1 Å². The van der Waals surface area contributed by atoms with E-state index >= 15 is 0 Å². The normalized spacial score (nSPS) is 11.4. The second-order valence-corrected chi connectivity index (χ2v) is 4.89. The molecule has 0 aliphatic rings. The van der Waals surface area contributed by atoms with E-state index in [1.54, 1.807) is 5.38 Å². The van der Waals surface area contributed by atoms with Gasteiger partial charge in [-0.25, -0.2) is 9.48 Å². The summed E-state index contributed by atoms with van der Waals surface area (Å²) in [6.45, 7) is -0.239. The average molecular weight is 318 g/mol. The number of halogens is 3. The van der Waals surface area contributed by atoms with Crippen molar-refractivity contribution in [2.24, 2.45) is 0 Å². The molecule has 0 aliphatic heterocycles. The second kappa shape index (κ2) is 5.68. The first kappa shape index (κ1) is 15.2. The molecule has 5 nitrogen and oxygen atoms in total. The SMILES string of the molecule is COC(=O)c1sccc1Cn1nc(C(F)(F)F)ccc1=O. The minimum atomic E-state index is -4.64. The molecule has 0 atom stereocenters. The molecule has 0 aromatic carbocycles. The standard InChI is InChI=1S/C12H9F3N2O3S/c1-20-11(19)10-7(4-5-21-10)6-17-9(18)3-2-8(16-17)12(13,14)15/h2-5H,6H2,1H3. The van der Waals surface area contributed by atoms with E-state index in [1.807, 2.05) is 0 Å². The van der Waals surface area contributed by atoms with E-state index in [0.717, 1.165) is 17.4 Å². The Hall–Kier alpha value is -2.16. The summed E-state index contributed by atoms with van der Waals surface area (Å²) in [4.78, 5) is 23.3. The number of thiophene rings is 1. The van der Waals surface area contributed by atoms with Gasteiger partial charge >= 0.3 is 12.1 Å². The molecule has 0 spiro atoms. The van der Waals surface area contributed by atoms with Crippen LogP contribution in [0.25, 0.3) is 0 Å². The molecule has 0 N–H and O–H groups in total. The summed E-state index contributed by atoms with van der Waals surface area (Å²) >= 11 is 1.08. The fraction of sp³-hybridized carbons (Fsp3) is 0.250. The lowest BCUT2D eigenvalue weighted by molar-refractivity contribution is -0.142. The molecule has 0 saturated carbocycles. The fourth-order valence-electron chi connectivity index (χ4n) is 1.61. The number of methoxy groups -OCH3 is 1. The second-order valence-electron chi connectivity index (χ2n) is 3.98. The Balaban J connectivity index is 2.38. The molecule has 2 rings (SSSR count). The molecule has 0 saturated heterocycles. The molecule has 2 heterocycles. The monoisotopic (exact) mass is 318 g/mol. The van der Waals surface area contributed by atoms with Crippen molar-refractivity contribution in [3.05, 3.63) is 50.1 Å². The third-order valence-corrected chi connectivity index (χ3v) is 3.53. The van der Waals surface area contributed by atoms with Crippen LogP contribution in [-0.2, 0) is 17.5 Å². The number of ether oxygens (including phenoxy) is 1. The van der Waals surface area contributed by atoms with E-state index in [-0.39, 0.29) is 11.4 Å². The van der Waals surface area contributed by atoms with Crippen LogP contribution >= 0.6 is 11.3 Å². The lowest BCUT2D eigenvalue weighted by Crippen LogP contribution is -2.26. The van der Waals surface area contributed by atoms with E-state index in [9.17, 15) is 22.8 Å². The molecule has 0 unspecified atom stereocenters. The highest BCUT2D eigenvalue weighted by Gasteiger charge is 2.33. The molecule has 0 radical (unpaired) electrons. The number of nitrogens with zero attached hydrogens (tertiary/aromatic N) is 2. The zero-order valence-electron chi connectivity index (χ0n) is 10.7. The number of hydrogen-bond donors (Lipinski definition) is 0. The molecule has 0 amide bonds. The maximum atomic E-state index is 12.6. The van der Waals surface area contributed by atoms with E-state index in [2.05, 4.69) is 9.84 Å². The van der Waals surface area contributed by atoms with Gasteiger partial charge < -0.3 is 4.74 Å². The van der Waals surface area contributed by atoms with Crippen molar-refractivity contribution in [3.8, 4) is 0 Å². The number of rotatable bonds is 3. The molecule has 21 heavy (non-hydrogen) atoms. The number of hydrogen-bond acceptors (Lipinski definition) is 5. The van der Waals surface area contributed by atoms with Crippen molar-refractivity contribution in [2.45, 2.75) is 12.7 Å². The molecule has 2 aromatic rings. The van der Waals surface area contributed by atoms with Gasteiger partial charge in [-0.1, -0.05) is 0 Å². The molecule has 0 aliphatic carbocycles. The fourth-order valence-corrected chi connectivity index (χ4v) is 2.44. The Bertz CT molecular complexity index is 721. The van der Waals surface area contributed by atoms with E-state index in [1.165, 1.54) is 13.2 Å². The van der Waals surface area contributed by atoms with Crippen LogP contribution in [0.15, 0.2) is 28.4 Å². The van der Waals surface area contributed by atoms with E-state index in [4.69, 9.17) is 0 Å².